The van der Waals surface area contributed by atoms with E-state index in [9.17, 15) is 4.79 Å². The number of amides is 2. The summed E-state index contributed by atoms with van der Waals surface area (Å²) in [6.07, 6.45) is 0. The Hall–Kier alpha value is -1.06. The smallest absolute Gasteiger partial charge is 0.393 e. The van der Waals surface area contributed by atoms with Crippen LogP contribution >= 0.6 is 11.6 Å². The first-order chi connectivity index (χ1) is 6.15. The lowest BCUT2D eigenvalue weighted by Gasteiger charge is -2.14. The topological polar surface area (TPSA) is 36.9 Å². The van der Waals surface area contributed by atoms with Crippen molar-refractivity contribution in [3.63, 3.8) is 0 Å². The third-order valence-electron chi connectivity index (χ3n) is 1.72. The molecule has 0 saturated heterocycles. The lowest BCUT2D eigenvalue weighted by molar-refractivity contribution is -0.487. The third-order valence-corrected chi connectivity index (χ3v) is 1.97. The highest BCUT2D eigenvalue weighted by Crippen LogP contribution is 2.15. The van der Waals surface area contributed by atoms with Crippen molar-refractivity contribution in [1.29, 1.82) is 0 Å². The molecule has 0 aliphatic carbocycles. The van der Waals surface area contributed by atoms with E-state index in [0.717, 1.165) is 5.69 Å². The van der Waals surface area contributed by atoms with Gasteiger partial charge in [0.05, 0.1) is 0 Å². The Labute approximate surface area is 82.3 Å². The van der Waals surface area contributed by atoms with Gasteiger partial charge in [-0.15, -0.1) is 7.05 Å². The predicted octanol–water partition coefficient (Wildman–Crippen LogP) is 1.25. The van der Waals surface area contributed by atoms with Crippen molar-refractivity contribution in [2.45, 2.75) is 0 Å². The molecule has 0 unspecified atom stereocenters. The van der Waals surface area contributed by atoms with Gasteiger partial charge in [0.25, 0.3) is 0 Å². The molecule has 1 rings (SSSR count). The van der Waals surface area contributed by atoms with Gasteiger partial charge in [-0.1, -0.05) is 11.6 Å². The molecule has 1 aromatic carbocycles. The van der Waals surface area contributed by atoms with E-state index < -0.39 is 0 Å². The highest BCUT2D eigenvalue weighted by Gasteiger charge is 2.09. The van der Waals surface area contributed by atoms with Crippen molar-refractivity contribution in [2.75, 3.05) is 11.9 Å². The van der Waals surface area contributed by atoms with Gasteiger partial charge in [0.2, 0.25) is 0 Å². The number of carbonyl (C=O) groups excluding carboxylic acids is 1. The first-order valence-electron chi connectivity index (χ1n) is 3.81. The minimum atomic E-state index is -0.137. The summed E-state index contributed by atoms with van der Waals surface area (Å²) in [7, 11) is 5.10. The summed E-state index contributed by atoms with van der Waals surface area (Å²) in [6, 6.07) is 6.91. The quantitative estimate of drug-likeness (QED) is 0.678. The molecule has 70 valence electrons. The standard InChI is InChI=1S/C9H11ClN2O/c1-11-9(13)12(2)8-5-3-7(10)4-6-8/h3-6H,1,11H2,2H3. The average molecular weight is 199 g/mol. The van der Waals surface area contributed by atoms with Crippen LogP contribution in [0.5, 0.6) is 0 Å². The SMILES string of the molecule is [CH2-][NH2+]C(=O)N(C)c1ccc(Cl)cc1. The van der Waals surface area contributed by atoms with Crippen molar-refractivity contribution in [3.05, 3.63) is 36.3 Å². The van der Waals surface area contributed by atoms with Crippen LogP contribution in [0.25, 0.3) is 0 Å². The number of urea groups is 1. The molecule has 3 nitrogen and oxygen atoms in total. The maximum absolute atomic E-state index is 11.2. The van der Waals surface area contributed by atoms with Crippen LogP contribution in [-0.4, -0.2) is 13.1 Å². The molecule has 0 bridgehead atoms. The number of halogens is 1. The molecule has 0 aliphatic rings. The third kappa shape index (κ3) is 2.44. The van der Waals surface area contributed by atoms with E-state index in [4.69, 9.17) is 11.6 Å². The van der Waals surface area contributed by atoms with Gasteiger partial charge in [-0.3, -0.25) is 4.90 Å². The van der Waals surface area contributed by atoms with Gasteiger partial charge in [0, 0.05) is 17.8 Å². The van der Waals surface area contributed by atoms with E-state index in [-0.39, 0.29) is 6.03 Å². The maximum atomic E-state index is 11.2. The normalized spacial score (nSPS) is 9.77. The van der Waals surface area contributed by atoms with Gasteiger partial charge in [0.15, 0.2) is 0 Å². The zero-order chi connectivity index (χ0) is 9.84. The minimum absolute atomic E-state index is 0.137. The van der Waals surface area contributed by atoms with Gasteiger partial charge in [-0.2, -0.15) is 0 Å². The van der Waals surface area contributed by atoms with Crippen LogP contribution in [0.2, 0.25) is 5.02 Å². The van der Waals surface area contributed by atoms with Gasteiger partial charge in [-0.25, -0.2) is 4.79 Å². The Morgan fingerprint density at radius 1 is 1.46 bits per heavy atom. The average Bonchev–Trinajstić information content (AvgIpc) is 2.17. The van der Waals surface area contributed by atoms with Crippen molar-refractivity contribution >= 4 is 23.3 Å². The summed E-state index contributed by atoms with van der Waals surface area (Å²) < 4.78 is 0. The molecule has 13 heavy (non-hydrogen) atoms. The molecule has 2 N–H and O–H groups in total. The van der Waals surface area contributed by atoms with E-state index >= 15 is 0 Å². The first-order valence-corrected chi connectivity index (χ1v) is 4.18. The second-order valence-corrected chi connectivity index (χ2v) is 3.01. The molecule has 0 radical (unpaired) electrons. The summed E-state index contributed by atoms with van der Waals surface area (Å²) in [5.41, 5.74) is 0.800. The number of primary amides is 1. The van der Waals surface area contributed by atoms with Crippen LogP contribution in [0.1, 0.15) is 0 Å². The number of nitrogens with zero attached hydrogens (tertiary/aromatic N) is 1. The van der Waals surface area contributed by atoms with Crippen molar-refractivity contribution in [3.8, 4) is 0 Å². The lowest BCUT2D eigenvalue weighted by Crippen LogP contribution is -2.84. The largest absolute Gasteiger partial charge is 0.394 e. The van der Waals surface area contributed by atoms with E-state index in [1.165, 1.54) is 10.2 Å². The van der Waals surface area contributed by atoms with Gasteiger partial charge in [0.1, 0.15) is 0 Å². The van der Waals surface area contributed by atoms with E-state index in [1.807, 2.05) is 0 Å². The Morgan fingerprint density at radius 2 is 2.00 bits per heavy atom. The number of nitrogens with two attached hydrogens (primary N) is 1. The number of anilines is 1. The molecule has 2 amide bonds. The van der Waals surface area contributed by atoms with Crippen LogP contribution in [-0.2, 0) is 0 Å². The van der Waals surface area contributed by atoms with Gasteiger partial charge >= 0.3 is 6.03 Å². The lowest BCUT2D eigenvalue weighted by atomic mass is 10.3. The van der Waals surface area contributed by atoms with Crippen LogP contribution in [0.15, 0.2) is 24.3 Å². The van der Waals surface area contributed by atoms with Crippen LogP contribution < -0.4 is 10.2 Å². The molecule has 0 aliphatic heterocycles. The molecule has 4 heteroatoms. The molecular weight excluding hydrogens is 188 g/mol. The summed E-state index contributed by atoms with van der Waals surface area (Å²) in [6.45, 7) is 0. The fourth-order valence-electron chi connectivity index (χ4n) is 0.929. The molecule has 0 aromatic heterocycles. The summed E-state index contributed by atoms with van der Waals surface area (Å²) in [5.74, 6) is 0. The van der Waals surface area contributed by atoms with Crippen molar-refractivity contribution < 1.29 is 10.1 Å². The number of hydrogen-bond donors (Lipinski definition) is 1. The second-order valence-electron chi connectivity index (χ2n) is 2.58. The van der Waals surface area contributed by atoms with E-state index in [0.29, 0.717) is 5.02 Å². The Balaban J connectivity index is 2.83. The molecule has 0 spiro atoms. The molecule has 0 saturated carbocycles. The van der Waals surface area contributed by atoms with Crippen LogP contribution in [0.4, 0.5) is 10.5 Å². The zero-order valence-corrected chi connectivity index (χ0v) is 8.08. The number of hydrogen-bond acceptors (Lipinski definition) is 1. The first kappa shape index (κ1) is 10.0. The highest BCUT2D eigenvalue weighted by molar-refractivity contribution is 6.30. The molecule has 1 aromatic rings. The molecular formula is C9H11ClN2O. The molecule has 0 heterocycles. The van der Waals surface area contributed by atoms with E-state index in [1.54, 1.807) is 31.3 Å². The summed E-state index contributed by atoms with van der Waals surface area (Å²) >= 11 is 5.71. The van der Waals surface area contributed by atoms with Crippen LogP contribution in [0, 0.1) is 7.05 Å². The van der Waals surface area contributed by atoms with Crippen LogP contribution in [0.3, 0.4) is 0 Å². The van der Waals surface area contributed by atoms with Gasteiger partial charge in [-0.05, 0) is 24.3 Å². The Kier molecular flexibility index (Phi) is 3.28. The number of quaternary nitrogens is 1. The second kappa shape index (κ2) is 4.25. The maximum Gasteiger partial charge on any atom is 0.393 e. The van der Waals surface area contributed by atoms with E-state index in [2.05, 4.69) is 7.05 Å². The number of rotatable bonds is 1. The molecule has 0 fully saturated rings. The van der Waals surface area contributed by atoms with Crippen molar-refractivity contribution in [1.82, 2.24) is 0 Å². The number of carbonyl (C=O) groups is 1. The summed E-state index contributed by atoms with van der Waals surface area (Å²) in [5, 5.41) is 1.93. The summed E-state index contributed by atoms with van der Waals surface area (Å²) in [4.78, 5) is 12.7. The Bertz CT molecular complexity index is 297. The predicted molar refractivity (Wildman–Crippen MR) is 52.5 cm³/mol. The van der Waals surface area contributed by atoms with Gasteiger partial charge < -0.3 is 5.32 Å². The minimum Gasteiger partial charge on any atom is -0.394 e. The number of benzene rings is 1. The highest BCUT2D eigenvalue weighted by atomic mass is 35.5. The molecule has 0 atom stereocenters. The van der Waals surface area contributed by atoms with Crippen molar-refractivity contribution in [2.24, 2.45) is 0 Å². The Morgan fingerprint density at radius 3 is 2.46 bits per heavy atom. The monoisotopic (exact) mass is 198 g/mol. The fraction of sp³-hybridized carbons (Fsp3) is 0.111. The fourth-order valence-corrected chi connectivity index (χ4v) is 1.05. The zero-order valence-electron chi connectivity index (χ0n) is 7.33.